The molecule has 0 radical (unpaired) electrons. The van der Waals surface area contributed by atoms with Crippen LogP contribution >= 0.6 is 0 Å². The summed E-state index contributed by atoms with van der Waals surface area (Å²) >= 11 is 0. The summed E-state index contributed by atoms with van der Waals surface area (Å²) < 4.78 is 12.2. The molecule has 1 aromatic carbocycles. The quantitative estimate of drug-likeness (QED) is 0.680. The van der Waals surface area contributed by atoms with E-state index >= 15 is 0 Å². The number of fused-ring (bicyclic) bond motifs is 1. The number of hydrogen-bond donors (Lipinski definition) is 1. The lowest BCUT2D eigenvalue weighted by atomic mass is 10.1. The molecule has 2 rings (SSSR count). The molecule has 6 heteroatoms. The maximum Gasteiger partial charge on any atom is 0.377 e. The van der Waals surface area contributed by atoms with Gasteiger partial charge in [-0.15, -0.1) is 0 Å². The molecule has 1 heterocycles. The van der Waals surface area contributed by atoms with Gasteiger partial charge < -0.3 is 19.1 Å². The number of ketones is 1. The van der Waals surface area contributed by atoms with E-state index < -0.39 is 11.8 Å². The van der Waals surface area contributed by atoms with E-state index in [4.69, 9.17) is 14.6 Å². The second kappa shape index (κ2) is 4.88. The molecule has 1 N–H and O–H groups in total. The fraction of sp³-hybridized carbons (Fsp3) is 0.286. The maximum absolute atomic E-state index is 11.9. The Hall–Kier alpha value is -2.50. The number of carbonyl (C=O) groups is 2. The molecule has 0 aliphatic rings. The van der Waals surface area contributed by atoms with Crippen molar-refractivity contribution in [2.45, 2.75) is 6.92 Å². The van der Waals surface area contributed by atoms with Gasteiger partial charge in [0.05, 0.1) is 30.7 Å². The molecule has 0 saturated heterocycles. The Labute approximate surface area is 115 Å². The first-order valence-corrected chi connectivity index (χ1v) is 5.91. The van der Waals surface area contributed by atoms with E-state index in [0.717, 1.165) is 0 Å². The minimum atomic E-state index is -1.49. The van der Waals surface area contributed by atoms with Gasteiger partial charge in [-0.2, -0.15) is 0 Å². The van der Waals surface area contributed by atoms with Gasteiger partial charge in [-0.05, 0) is 6.92 Å². The molecular formula is C14H15NO5. The smallest absolute Gasteiger partial charge is 0.377 e. The van der Waals surface area contributed by atoms with Crippen LogP contribution in [0.15, 0.2) is 12.1 Å². The summed E-state index contributed by atoms with van der Waals surface area (Å²) in [6, 6.07) is 3.36. The molecule has 0 bridgehead atoms. The molecule has 1 aromatic heterocycles. The van der Waals surface area contributed by atoms with Gasteiger partial charge in [0.2, 0.25) is 0 Å². The van der Waals surface area contributed by atoms with Crippen LogP contribution in [-0.4, -0.2) is 35.6 Å². The van der Waals surface area contributed by atoms with Gasteiger partial charge in [-0.1, -0.05) is 0 Å². The molecule has 0 fully saturated rings. The lowest BCUT2D eigenvalue weighted by Gasteiger charge is -2.07. The molecule has 2 aromatic rings. The molecule has 106 valence electrons. The maximum atomic E-state index is 11.9. The number of ether oxygens (including phenoxy) is 2. The van der Waals surface area contributed by atoms with Crippen molar-refractivity contribution in [2.24, 2.45) is 7.05 Å². The van der Waals surface area contributed by atoms with E-state index in [0.29, 0.717) is 28.1 Å². The van der Waals surface area contributed by atoms with Crippen LogP contribution in [0.3, 0.4) is 0 Å². The monoisotopic (exact) mass is 277 g/mol. The first-order valence-electron chi connectivity index (χ1n) is 5.91. The van der Waals surface area contributed by atoms with Crippen LogP contribution in [0.4, 0.5) is 0 Å². The molecule has 0 aliphatic heterocycles. The molecule has 0 aliphatic carbocycles. The number of benzene rings is 1. The van der Waals surface area contributed by atoms with E-state index in [2.05, 4.69) is 0 Å². The third kappa shape index (κ3) is 1.89. The van der Waals surface area contributed by atoms with E-state index in [-0.39, 0.29) is 5.56 Å². The van der Waals surface area contributed by atoms with Gasteiger partial charge in [-0.3, -0.25) is 4.79 Å². The number of hydrogen-bond acceptors (Lipinski definition) is 4. The van der Waals surface area contributed by atoms with Gasteiger partial charge >= 0.3 is 5.97 Å². The summed E-state index contributed by atoms with van der Waals surface area (Å²) in [4.78, 5) is 22.9. The number of carbonyl (C=O) groups excluding carboxylic acids is 1. The molecular weight excluding hydrogens is 262 g/mol. The Bertz CT molecular complexity index is 714. The van der Waals surface area contributed by atoms with Crippen molar-refractivity contribution >= 4 is 22.7 Å². The highest BCUT2D eigenvalue weighted by Gasteiger charge is 2.26. The largest absolute Gasteiger partial charge is 0.497 e. The third-order valence-electron chi connectivity index (χ3n) is 3.41. The number of aromatic nitrogens is 1. The second-order valence-electron chi connectivity index (χ2n) is 4.38. The fourth-order valence-corrected chi connectivity index (χ4v) is 2.28. The molecule has 0 unspecified atom stereocenters. The zero-order valence-corrected chi connectivity index (χ0v) is 11.7. The molecule has 20 heavy (non-hydrogen) atoms. The number of rotatable bonds is 4. The molecule has 0 atom stereocenters. The molecule has 6 nitrogen and oxygen atoms in total. The van der Waals surface area contributed by atoms with Crippen molar-refractivity contribution in [1.29, 1.82) is 0 Å². The summed E-state index contributed by atoms with van der Waals surface area (Å²) in [5.41, 5.74) is 1.40. The Morgan fingerprint density at radius 1 is 1.20 bits per heavy atom. The molecule has 0 saturated carbocycles. The van der Waals surface area contributed by atoms with Crippen molar-refractivity contribution in [3.63, 3.8) is 0 Å². The Kier molecular flexibility index (Phi) is 3.40. The predicted molar refractivity (Wildman–Crippen MR) is 72.7 cm³/mol. The number of carboxylic acid groups (broad SMARTS) is 1. The van der Waals surface area contributed by atoms with Crippen LogP contribution < -0.4 is 9.47 Å². The average Bonchev–Trinajstić information content (AvgIpc) is 2.69. The normalized spacial score (nSPS) is 10.6. The van der Waals surface area contributed by atoms with Gasteiger partial charge in [-0.25, -0.2) is 4.79 Å². The summed E-state index contributed by atoms with van der Waals surface area (Å²) in [5, 5.41) is 9.46. The van der Waals surface area contributed by atoms with Gasteiger partial charge in [0.1, 0.15) is 11.5 Å². The zero-order valence-electron chi connectivity index (χ0n) is 11.7. The van der Waals surface area contributed by atoms with E-state index in [1.54, 1.807) is 30.7 Å². The van der Waals surface area contributed by atoms with Crippen LogP contribution in [0.25, 0.3) is 10.9 Å². The summed E-state index contributed by atoms with van der Waals surface area (Å²) in [6.07, 6.45) is 0. The summed E-state index contributed by atoms with van der Waals surface area (Å²) in [7, 11) is 4.75. The lowest BCUT2D eigenvalue weighted by Crippen LogP contribution is -2.14. The SMILES string of the molecule is COc1cc(OC)c2c(C(=O)C(=O)O)c(C)n(C)c2c1. The highest BCUT2D eigenvalue weighted by Crippen LogP contribution is 2.36. The van der Waals surface area contributed by atoms with Crippen molar-refractivity contribution in [2.75, 3.05) is 14.2 Å². The standard InChI is InChI=1S/C14H15NO5/c1-7-11(13(16)14(17)18)12-9(15(7)2)5-8(19-3)6-10(12)20-4/h5-6H,1-4H3,(H,17,18). The topological polar surface area (TPSA) is 77.8 Å². The first-order chi connectivity index (χ1) is 9.42. The number of aryl methyl sites for hydroxylation is 1. The summed E-state index contributed by atoms with van der Waals surface area (Å²) in [6.45, 7) is 1.70. The molecule has 0 amide bonds. The Morgan fingerprint density at radius 3 is 2.35 bits per heavy atom. The number of aliphatic carboxylic acids is 1. The van der Waals surface area contributed by atoms with Crippen molar-refractivity contribution in [1.82, 2.24) is 4.57 Å². The third-order valence-corrected chi connectivity index (χ3v) is 3.41. The fourth-order valence-electron chi connectivity index (χ4n) is 2.28. The number of Topliss-reactive ketones (excluding diaryl/α,β-unsaturated/α-hetero) is 1. The average molecular weight is 277 g/mol. The number of methoxy groups -OCH3 is 2. The highest BCUT2D eigenvalue weighted by molar-refractivity contribution is 6.43. The second-order valence-corrected chi connectivity index (χ2v) is 4.38. The van der Waals surface area contributed by atoms with Crippen LogP contribution in [0, 0.1) is 6.92 Å². The van der Waals surface area contributed by atoms with Crippen molar-refractivity contribution < 1.29 is 24.2 Å². The zero-order chi connectivity index (χ0) is 15.0. The van der Waals surface area contributed by atoms with Crippen LogP contribution in [0.2, 0.25) is 0 Å². The van der Waals surface area contributed by atoms with Crippen LogP contribution in [-0.2, 0) is 11.8 Å². The van der Waals surface area contributed by atoms with E-state index in [1.165, 1.54) is 14.2 Å². The minimum Gasteiger partial charge on any atom is -0.497 e. The van der Waals surface area contributed by atoms with Gasteiger partial charge in [0, 0.05) is 24.9 Å². The number of nitrogens with zero attached hydrogens (tertiary/aromatic N) is 1. The van der Waals surface area contributed by atoms with Crippen LogP contribution in [0.5, 0.6) is 11.5 Å². The van der Waals surface area contributed by atoms with E-state index in [1.807, 2.05) is 0 Å². The Morgan fingerprint density at radius 2 is 1.85 bits per heavy atom. The van der Waals surface area contributed by atoms with Gasteiger partial charge in [0.15, 0.2) is 0 Å². The summed E-state index contributed by atoms with van der Waals surface area (Å²) in [5.74, 6) is -1.45. The van der Waals surface area contributed by atoms with Crippen LogP contribution in [0.1, 0.15) is 16.1 Å². The molecule has 0 spiro atoms. The lowest BCUT2D eigenvalue weighted by molar-refractivity contribution is -0.131. The predicted octanol–water partition coefficient (Wildman–Crippen LogP) is 1.77. The first kappa shape index (κ1) is 13.9. The van der Waals surface area contributed by atoms with Crippen molar-refractivity contribution in [3.8, 4) is 11.5 Å². The van der Waals surface area contributed by atoms with Gasteiger partial charge in [0.25, 0.3) is 5.78 Å². The van der Waals surface area contributed by atoms with E-state index in [9.17, 15) is 9.59 Å². The highest BCUT2D eigenvalue weighted by atomic mass is 16.5. The minimum absolute atomic E-state index is 0.148. The van der Waals surface area contributed by atoms with Crippen molar-refractivity contribution in [3.05, 3.63) is 23.4 Å². The number of carboxylic acids is 1. The Balaban J connectivity index is 2.92.